The molecule has 2 amide bonds. The Morgan fingerprint density at radius 3 is 2.35 bits per heavy atom. The highest BCUT2D eigenvalue weighted by molar-refractivity contribution is 8.13. The van der Waals surface area contributed by atoms with E-state index < -0.39 is 6.04 Å². The molecular formula is C10H18N2O3S2. The van der Waals surface area contributed by atoms with Crippen LogP contribution in [-0.4, -0.2) is 47.3 Å². The van der Waals surface area contributed by atoms with Crippen molar-refractivity contribution < 1.29 is 14.4 Å². The van der Waals surface area contributed by atoms with Crippen LogP contribution in [0.1, 0.15) is 13.8 Å². The van der Waals surface area contributed by atoms with E-state index in [1.165, 1.54) is 37.4 Å². The first kappa shape index (κ1) is 16.3. The van der Waals surface area contributed by atoms with Crippen molar-refractivity contribution in [3.63, 3.8) is 0 Å². The van der Waals surface area contributed by atoms with E-state index in [1.807, 2.05) is 6.26 Å². The lowest BCUT2D eigenvalue weighted by atomic mass is 10.3. The number of carbonyl (C=O) groups excluding carboxylic acids is 3. The largest absolute Gasteiger partial charge is 0.353 e. The number of rotatable bonds is 7. The summed E-state index contributed by atoms with van der Waals surface area (Å²) >= 11 is 2.66. The summed E-state index contributed by atoms with van der Waals surface area (Å²) in [5, 5.41) is 5.30. The van der Waals surface area contributed by atoms with Crippen LogP contribution in [-0.2, 0) is 14.4 Å². The first-order valence-corrected chi connectivity index (χ1v) is 7.52. The van der Waals surface area contributed by atoms with Crippen molar-refractivity contribution in [2.45, 2.75) is 19.9 Å². The van der Waals surface area contributed by atoms with Gasteiger partial charge in [0.2, 0.25) is 11.8 Å². The quantitative estimate of drug-likeness (QED) is 0.653. The van der Waals surface area contributed by atoms with Gasteiger partial charge in [0.05, 0.1) is 0 Å². The van der Waals surface area contributed by atoms with E-state index in [4.69, 9.17) is 0 Å². The zero-order valence-electron chi connectivity index (χ0n) is 10.2. The van der Waals surface area contributed by atoms with Gasteiger partial charge < -0.3 is 10.6 Å². The fraction of sp³-hybridized carbons (Fsp3) is 0.700. The molecule has 5 nitrogen and oxygen atoms in total. The molecule has 1 atom stereocenters. The Kier molecular flexibility index (Phi) is 8.97. The molecule has 98 valence electrons. The average Bonchev–Trinajstić information content (AvgIpc) is 2.22. The van der Waals surface area contributed by atoms with Crippen LogP contribution in [0.4, 0.5) is 0 Å². The fourth-order valence-electron chi connectivity index (χ4n) is 1.09. The molecule has 2 N–H and O–H groups in total. The van der Waals surface area contributed by atoms with Crippen LogP contribution >= 0.6 is 23.5 Å². The lowest BCUT2D eigenvalue weighted by Crippen LogP contribution is -2.48. The van der Waals surface area contributed by atoms with Gasteiger partial charge in [-0.3, -0.25) is 14.4 Å². The Balaban J connectivity index is 3.96. The normalized spacial score (nSPS) is 11.7. The lowest BCUT2D eigenvalue weighted by Gasteiger charge is -2.16. The van der Waals surface area contributed by atoms with Crippen LogP contribution in [0.2, 0.25) is 0 Å². The highest BCUT2D eigenvalue weighted by Gasteiger charge is 2.17. The van der Waals surface area contributed by atoms with E-state index in [1.54, 1.807) is 0 Å². The number of thioether (sulfide) groups is 2. The van der Waals surface area contributed by atoms with Gasteiger partial charge in [-0.1, -0.05) is 11.8 Å². The predicted molar refractivity (Wildman–Crippen MR) is 72.1 cm³/mol. The topological polar surface area (TPSA) is 75.3 Å². The molecule has 1 unspecified atom stereocenters. The number of nitrogens with one attached hydrogen (secondary N) is 2. The summed E-state index contributed by atoms with van der Waals surface area (Å²) in [6.07, 6.45) is 1.87. The van der Waals surface area contributed by atoms with Crippen molar-refractivity contribution in [1.29, 1.82) is 0 Å². The molecule has 17 heavy (non-hydrogen) atoms. The first-order chi connectivity index (χ1) is 7.97. The molecule has 0 radical (unpaired) electrons. The molecule has 0 fully saturated rings. The van der Waals surface area contributed by atoms with Crippen LogP contribution in [0, 0.1) is 0 Å². The van der Waals surface area contributed by atoms with E-state index in [9.17, 15) is 14.4 Å². The predicted octanol–water partition coefficient (Wildman–Crippen LogP) is 0.250. The summed E-state index contributed by atoms with van der Waals surface area (Å²) in [4.78, 5) is 33.2. The van der Waals surface area contributed by atoms with Crippen molar-refractivity contribution in [1.82, 2.24) is 10.6 Å². The first-order valence-electron chi connectivity index (χ1n) is 5.14. The molecule has 0 aromatic carbocycles. The van der Waals surface area contributed by atoms with E-state index in [0.717, 1.165) is 0 Å². The summed E-state index contributed by atoms with van der Waals surface area (Å²) in [6, 6.07) is -0.509. The SMILES string of the molecule is CSCC(NC(C)=O)C(=O)NCCSC(C)=O. The molecule has 0 saturated carbocycles. The molecule has 0 spiro atoms. The molecule has 7 heteroatoms. The van der Waals surface area contributed by atoms with Crippen LogP contribution in [0.15, 0.2) is 0 Å². The van der Waals surface area contributed by atoms with Crippen LogP contribution in [0.25, 0.3) is 0 Å². The number of hydrogen-bond donors (Lipinski definition) is 2. The van der Waals surface area contributed by atoms with Crippen molar-refractivity contribution in [3.05, 3.63) is 0 Å². The second-order valence-electron chi connectivity index (χ2n) is 3.34. The molecule has 0 bridgehead atoms. The Morgan fingerprint density at radius 2 is 1.88 bits per heavy atom. The maximum atomic E-state index is 11.7. The summed E-state index contributed by atoms with van der Waals surface area (Å²) in [5.41, 5.74) is 0. The standard InChI is InChI=1S/C10H18N2O3S2/c1-7(13)12-9(6-16-3)10(15)11-4-5-17-8(2)14/h9H,4-6H2,1-3H3,(H,11,15)(H,12,13). The minimum atomic E-state index is -0.509. The second-order valence-corrected chi connectivity index (χ2v) is 5.52. The van der Waals surface area contributed by atoms with Crippen molar-refractivity contribution in [2.24, 2.45) is 0 Å². The highest BCUT2D eigenvalue weighted by atomic mass is 32.2. The molecule has 0 aliphatic carbocycles. The van der Waals surface area contributed by atoms with Crippen molar-refractivity contribution in [2.75, 3.05) is 24.3 Å². The third-order valence-electron chi connectivity index (χ3n) is 1.73. The monoisotopic (exact) mass is 278 g/mol. The Labute approximate surface area is 110 Å². The van der Waals surface area contributed by atoms with Gasteiger partial charge in [-0.15, -0.1) is 0 Å². The molecular weight excluding hydrogens is 260 g/mol. The summed E-state index contributed by atoms with van der Waals surface area (Å²) in [6.45, 7) is 3.29. The zero-order chi connectivity index (χ0) is 13.3. The maximum absolute atomic E-state index is 11.7. The van der Waals surface area contributed by atoms with Gasteiger partial charge in [0, 0.05) is 31.9 Å². The molecule has 0 aliphatic heterocycles. The summed E-state index contributed by atoms with van der Waals surface area (Å²) in [7, 11) is 0. The molecule has 0 heterocycles. The average molecular weight is 278 g/mol. The van der Waals surface area contributed by atoms with Crippen LogP contribution in [0.5, 0.6) is 0 Å². The molecule has 0 rings (SSSR count). The maximum Gasteiger partial charge on any atom is 0.243 e. The van der Waals surface area contributed by atoms with Gasteiger partial charge in [0.25, 0.3) is 0 Å². The van der Waals surface area contributed by atoms with Gasteiger partial charge in [-0.05, 0) is 6.26 Å². The van der Waals surface area contributed by atoms with Gasteiger partial charge >= 0.3 is 0 Å². The smallest absolute Gasteiger partial charge is 0.243 e. The summed E-state index contributed by atoms with van der Waals surface area (Å²) in [5.74, 6) is 0.647. The number of carbonyl (C=O) groups is 3. The zero-order valence-corrected chi connectivity index (χ0v) is 11.9. The van der Waals surface area contributed by atoms with Gasteiger partial charge in [0.1, 0.15) is 6.04 Å². The van der Waals surface area contributed by atoms with Gasteiger partial charge in [-0.2, -0.15) is 11.8 Å². The number of hydrogen-bond acceptors (Lipinski definition) is 5. The third-order valence-corrected chi connectivity index (χ3v) is 3.22. The van der Waals surface area contributed by atoms with Crippen molar-refractivity contribution in [3.8, 4) is 0 Å². The Morgan fingerprint density at radius 1 is 1.24 bits per heavy atom. The fourth-order valence-corrected chi connectivity index (χ4v) is 2.15. The summed E-state index contributed by atoms with van der Waals surface area (Å²) < 4.78 is 0. The third kappa shape index (κ3) is 9.05. The van der Waals surface area contributed by atoms with E-state index in [2.05, 4.69) is 10.6 Å². The molecule has 0 aromatic heterocycles. The van der Waals surface area contributed by atoms with E-state index in [-0.39, 0.29) is 16.9 Å². The van der Waals surface area contributed by atoms with Gasteiger partial charge in [0.15, 0.2) is 5.12 Å². The van der Waals surface area contributed by atoms with E-state index in [0.29, 0.717) is 18.1 Å². The Hall–Kier alpha value is -0.690. The molecule has 0 aromatic rings. The molecule has 0 aliphatic rings. The van der Waals surface area contributed by atoms with E-state index >= 15 is 0 Å². The Bertz CT molecular complexity index is 285. The second kappa shape index (κ2) is 9.35. The minimum absolute atomic E-state index is 0.0294. The highest BCUT2D eigenvalue weighted by Crippen LogP contribution is 2.00. The van der Waals surface area contributed by atoms with Gasteiger partial charge in [-0.25, -0.2) is 0 Å². The van der Waals surface area contributed by atoms with Crippen LogP contribution < -0.4 is 10.6 Å². The molecule has 0 saturated heterocycles. The van der Waals surface area contributed by atoms with Crippen LogP contribution in [0.3, 0.4) is 0 Å². The van der Waals surface area contributed by atoms with Crippen molar-refractivity contribution >= 4 is 40.5 Å². The lowest BCUT2D eigenvalue weighted by molar-refractivity contribution is -0.127. The number of amides is 2. The minimum Gasteiger partial charge on any atom is -0.353 e.